The maximum Gasteiger partial charge on any atom is 0.323 e. The van der Waals surface area contributed by atoms with Crippen LogP contribution in [0.5, 0.6) is 0 Å². The van der Waals surface area contributed by atoms with Crippen molar-refractivity contribution in [2.24, 2.45) is 0 Å². The lowest BCUT2D eigenvalue weighted by Gasteiger charge is -2.16. The predicted octanol–water partition coefficient (Wildman–Crippen LogP) is 5.55. The van der Waals surface area contributed by atoms with E-state index >= 15 is 0 Å². The Hall–Kier alpha value is -3.43. The van der Waals surface area contributed by atoms with Crippen LogP contribution in [0.25, 0.3) is 11.1 Å². The zero-order chi connectivity index (χ0) is 21.0. The van der Waals surface area contributed by atoms with E-state index in [1.807, 2.05) is 31.2 Å². The summed E-state index contributed by atoms with van der Waals surface area (Å²) in [5.74, 6) is 0. The molecule has 6 nitrogen and oxygen atoms in total. The van der Waals surface area contributed by atoms with Gasteiger partial charge in [0.25, 0.3) is 0 Å². The molecule has 29 heavy (non-hydrogen) atoms. The van der Waals surface area contributed by atoms with Gasteiger partial charge in [-0.3, -0.25) is 4.98 Å². The molecule has 2 N–H and O–H groups in total. The average Bonchev–Trinajstić information content (AvgIpc) is 2.69. The molecule has 0 aliphatic rings. The largest absolute Gasteiger partial charge is 0.323 e. The molecule has 0 aliphatic carbocycles. The van der Waals surface area contributed by atoms with E-state index in [0.29, 0.717) is 22.2 Å². The summed E-state index contributed by atoms with van der Waals surface area (Å²) in [4.78, 5) is 20.7. The molecule has 2 aromatic heterocycles. The number of nitrogens with one attached hydrogen (secondary N) is 2. The maximum absolute atomic E-state index is 12.5. The monoisotopic (exact) mass is 405 g/mol. The van der Waals surface area contributed by atoms with Crippen molar-refractivity contribution in [2.45, 2.75) is 26.2 Å². The van der Waals surface area contributed by atoms with E-state index in [1.165, 1.54) is 0 Å². The van der Waals surface area contributed by atoms with Gasteiger partial charge in [0.05, 0.1) is 17.2 Å². The first-order chi connectivity index (χ1) is 13.8. The third kappa shape index (κ3) is 4.89. The van der Waals surface area contributed by atoms with Crippen LogP contribution in [0, 0.1) is 18.3 Å². The van der Waals surface area contributed by atoms with Crippen molar-refractivity contribution < 1.29 is 4.79 Å². The van der Waals surface area contributed by atoms with Gasteiger partial charge in [0.15, 0.2) is 0 Å². The third-order valence-corrected chi connectivity index (χ3v) is 4.68. The van der Waals surface area contributed by atoms with Gasteiger partial charge in [-0.1, -0.05) is 17.7 Å². The lowest BCUT2D eigenvalue weighted by Crippen LogP contribution is -2.21. The summed E-state index contributed by atoms with van der Waals surface area (Å²) in [6.07, 6.45) is 3.22. The highest BCUT2D eigenvalue weighted by atomic mass is 35.5. The van der Waals surface area contributed by atoms with Gasteiger partial charge >= 0.3 is 6.03 Å². The van der Waals surface area contributed by atoms with E-state index in [4.69, 9.17) is 11.6 Å². The van der Waals surface area contributed by atoms with Gasteiger partial charge in [0.2, 0.25) is 0 Å². The first-order valence-electron chi connectivity index (χ1n) is 8.97. The molecular weight excluding hydrogens is 386 g/mol. The number of amides is 2. The summed E-state index contributed by atoms with van der Waals surface area (Å²) in [6, 6.07) is 14.5. The van der Waals surface area contributed by atoms with Crippen LogP contribution in [0.15, 0.2) is 54.9 Å². The van der Waals surface area contributed by atoms with Crippen LogP contribution in [0.4, 0.5) is 16.2 Å². The minimum absolute atomic E-state index is 0.389. The first kappa shape index (κ1) is 20.3. The number of carbonyl (C=O) groups excluding carboxylic acids is 1. The molecule has 0 spiro atoms. The lowest BCUT2D eigenvalue weighted by molar-refractivity contribution is 0.262. The highest BCUT2D eigenvalue weighted by Crippen LogP contribution is 2.28. The molecule has 146 valence electrons. The number of anilines is 2. The van der Waals surface area contributed by atoms with E-state index in [1.54, 1.807) is 44.4 Å². The molecule has 2 amide bonds. The van der Waals surface area contributed by atoms with Crippen molar-refractivity contribution in [1.82, 2.24) is 9.97 Å². The molecule has 0 aliphatic heterocycles. The second-order valence-corrected chi connectivity index (χ2v) is 7.53. The van der Waals surface area contributed by atoms with Crippen LogP contribution >= 0.6 is 11.6 Å². The van der Waals surface area contributed by atoms with Crippen LogP contribution < -0.4 is 10.6 Å². The Bertz CT molecular complexity index is 1100. The molecule has 0 fully saturated rings. The van der Waals surface area contributed by atoms with E-state index in [-0.39, 0.29) is 6.03 Å². The quantitative estimate of drug-likeness (QED) is 0.556. The molecule has 0 saturated heterocycles. The normalized spacial score (nSPS) is 10.9. The smallest absolute Gasteiger partial charge is 0.308 e. The summed E-state index contributed by atoms with van der Waals surface area (Å²) < 4.78 is 0. The fraction of sp³-hybridized carbons (Fsp3) is 0.182. The van der Waals surface area contributed by atoms with E-state index in [9.17, 15) is 10.1 Å². The van der Waals surface area contributed by atoms with Crippen molar-refractivity contribution >= 4 is 29.0 Å². The molecular formula is C22H20ClN5O. The lowest BCUT2D eigenvalue weighted by atomic mass is 9.91. The Morgan fingerprint density at radius 3 is 2.41 bits per heavy atom. The van der Waals surface area contributed by atoms with E-state index in [0.717, 1.165) is 16.7 Å². The number of halogens is 1. The molecule has 0 bridgehead atoms. The molecule has 0 unspecified atom stereocenters. The molecule has 2 heterocycles. The van der Waals surface area contributed by atoms with Crippen molar-refractivity contribution in [3.63, 3.8) is 0 Å². The summed E-state index contributed by atoms with van der Waals surface area (Å²) in [7, 11) is 0. The van der Waals surface area contributed by atoms with Gasteiger partial charge in [0.1, 0.15) is 5.15 Å². The van der Waals surface area contributed by atoms with Crippen LogP contribution in [-0.2, 0) is 5.41 Å². The minimum Gasteiger partial charge on any atom is -0.308 e. The zero-order valence-electron chi connectivity index (χ0n) is 16.3. The molecule has 7 heteroatoms. The third-order valence-electron chi connectivity index (χ3n) is 4.47. The Morgan fingerprint density at radius 1 is 1.03 bits per heavy atom. The summed E-state index contributed by atoms with van der Waals surface area (Å²) in [5.41, 5.74) is 3.97. The minimum atomic E-state index is -0.744. The van der Waals surface area contributed by atoms with Crippen LogP contribution in [0.2, 0.25) is 5.15 Å². The number of urea groups is 1. The van der Waals surface area contributed by atoms with Gasteiger partial charge in [-0.15, -0.1) is 0 Å². The van der Waals surface area contributed by atoms with E-state index in [2.05, 4.69) is 26.7 Å². The van der Waals surface area contributed by atoms with Gasteiger partial charge < -0.3 is 10.6 Å². The SMILES string of the molecule is Cc1ccc(NC(=O)Nc2ccnc(C(C)(C)C#N)c2)cc1-c1ccnc(Cl)c1. The molecule has 0 radical (unpaired) electrons. The number of nitriles is 1. The molecule has 3 aromatic rings. The average molecular weight is 406 g/mol. The van der Waals surface area contributed by atoms with Crippen LogP contribution in [-0.4, -0.2) is 16.0 Å². The number of aromatic nitrogens is 2. The number of benzene rings is 1. The summed E-state index contributed by atoms with van der Waals surface area (Å²) in [6.45, 7) is 5.54. The standard InChI is InChI=1S/C22H20ClN5O/c1-14-4-5-16(11-18(14)15-6-8-26-20(23)10-15)27-21(29)28-17-7-9-25-19(12-17)22(2,3)13-24/h4-12H,1-3H3,(H2,25,27,28,29). The molecule has 1 aromatic carbocycles. The number of rotatable bonds is 4. The van der Waals surface area contributed by atoms with Gasteiger partial charge in [-0.05, 0) is 73.9 Å². The van der Waals surface area contributed by atoms with Crippen LogP contribution in [0.3, 0.4) is 0 Å². The Balaban J connectivity index is 1.78. The van der Waals surface area contributed by atoms with Crippen molar-refractivity contribution in [3.8, 4) is 17.2 Å². The topological polar surface area (TPSA) is 90.7 Å². The Kier molecular flexibility index (Phi) is 5.81. The van der Waals surface area contributed by atoms with Gasteiger partial charge in [-0.25, -0.2) is 9.78 Å². The highest BCUT2D eigenvalue weighted by molar-refractivity contribution is 6.29. The van der Waals surface area contributed by atoms with Crippen molar-refractivity contribution in [1.29, 1.82) is 5.26 Å². The van der Waals surface area contributed by atoms with Gasteiger partial charge in [-0.2, -0.15) is 5.26 Å². The number of hydrogen-bond acceptors (Lipinski definition) is 4. The Morgan fingerprint density at radius 2 is 1.72 bits per heavy atom. The fourth-order valence-corrected chi connectivity index (χ4v) is 2.96. The Labute approximate surface area is 174 Å². The molecule has 3 rings (SSSR count). The first-order valence-corrected chi connectivity index (χ1v) is 9.35. The van der Waals surface area contributed by atoms with Crippen molar-refractivity contribution in [2.75, 3.05) is 10.6 Å². The van der Waals surface area contributed by atoms with Gasteiger partial charge in [0, 0.05) is 23.8 Å². The number of pyridine rings is 2. The number of carbonyl (C=O) groups is 1. The second-order valence-electron chi connectivity index (χ2n) is 7.14. The van der Waals surface area contributed by atoms with Crippen molar-refractivity contribution in [3.05, 3.63) is 71.3 Å². The predicted molar refractivity (Wildman–Crippen MR) is 115 cm³/mol. The summed E-state index contributed by atoms with van der Waals surface area (Å²) in [5, 5.41) is 15.3. The number of hydrogen-bond donors (Lipinski definition) is 2. The number of nitrogens with zero attached hydrogens (tertiary/aromatic N) is 3. The van der Waals surface area contributed by atoms with Crippen LogP contribution in [0.1, 0.15) is 25.1 Å². The molecule has 0 saturated carbocycles. The second kappa shape index (κ2) is 8.29. The highest BCUT2D eigenvalue weighted by Gasteiger charge is 2.21. The summed E-state index contributed by atoms with van der Waals surface area (Å²) >= 11 is 6.00. The fourth-order valence-electron chi connectivity index (χ4n) is 2.78. The van der Waals surface area contributed by atoms with E-state index < -0.39 is 5.41 Å². The molecule has 0 atom stereocenters. The number of aryl methyl sites for hydroxylation is 1. The maximum atomic E-state index is 12.5. The zero-order valence-corrected chi connectivity index (χ0v) is 17.1.